The summed E-state index contributed by atoms with van der Waals surface area (Å²) < 4.78 is 38.0. The van der Waals surface area contributed by atoms with Gasteiger partial charge in [-0.2, -0.15) is 0 Å². The number of benzene rings is 2. The van der Waals surface area contributed by atoms with Crippen LogP contribution in [0.4, 0.5) is 8.78 Å². The van der Waals surface area contributed by atoms with E-state index in [1.165, 1.54) is 17.7 Å². The summed E-state index contributed by atoms with van der Waals surface area (Å²) in [5.41, 5.74) is 2.72. The Morgan fingerprint density at radius 1 is 0.925 bits per heavy atom. The van der Waals surface area contributed by atoms with Gasteiger partial charge >= 0.3 is 0 Å². The van der Waals surface area contributed by atoms with Crippen molar-refractivity contribution in [3.8, 4) is 11.5 Å². The maximum atomic E-state index is 13.9. The number of likely N-dealkylation sites (tertiary alicyclic amines) is 2. The van der Waals surface area contributed by atoms with E-state index in [9.17, 15) is 13.6 Å². The van der Waals surface area contributed by atoms with E-state index in [-0.39, 0.29) is 23.8 Å². The largest absolute Gasteiger partial charge is 0.497 e. The van der Waals surface area contributed by atoms with E-state index in [0.29, 0.717) is 12.1 Å². The topological polar surface area (TPSA) is 66.9 Å². The smallest absolute Gasteiger partial charge is 0.253 e. The van der Waals surface area contributed by atoms with Crippen molar-refractivity contribution in [2.45, 2.75) is 50.9 Å². The van der Waals surface area contributed by atoms with Gasteiger partial charge in [-0.25, -0.2) is 8.78 Å². The minimum absolute atomic E-state index is 0.0846. The van der Waals surface area contributed by atoms with Crippen molar-refractivity contribution in [2.75, 3.05) is 33.3 Å². The highest BCUT2D eigenvalue weighted by molar-refractivity contribution is 5.94. The third-order valence-corrected chi connectivity index (χ3v) is 7.68. The summed E-state index contributed by atoms with van der Waals surface area (Å²) in [4.78, 5) is 22.0. The number of carbonyl (C=O) groups excluding carboxylic acids is 1. The Morgan fingerprint density at radius 2 is 1.62 bits per heavy atom. The zero-order chi connectivity index (χ0) is 27.9. The van der Waals surface area contributed by atoms with Crippen LogP contribution in [0.2, 0.25) is 0 Å². The van der Waals surface area contributed by atoms with Crippen LogP contribution in [0.25, 0.3) is 0 Å². The molecule has 2 fully saturated rings. The van der Waals surface area contributed by atoms with Crippen LogP contribution >= 0.6 is 0 Å². The molecule has 212 valence electrons. The molecule has 0 aliphatic carbocycles. The molecular weight excluding hydrogens is 514 g/mol. The molecule has 7 nitrogen and oxygen atoms in total. The number of nitrogens with one attached hydrogen (secondary N) is 1. The number of halogens is 2. The van der Waals surface area contributed by atoms with E-state index < -0.39 is 11.6 Å². The first-order valence-electron chi connectivity index (χ1n) is 13.9. The Bertz CT molecular complexity index is 1260. The lowest BCUT2D eigenvalue weighted by Crippen LogP contribution is -2.44. The molecule has 3 aromatic rings. The van der Waals surface area contributed by atoms with Gasteiger partial charge in [0.2, 0.25) is 0 Å². The second kappa shape index (κ2) is 13.2. The van der Waals surface area contributed by atoms with E-state index in [1.807, 2.05) is 24.3 Å². The van der Waals surface area contributed by atoms with Crippen LogP contribution in [-0.2, 0) is 13.1 Å². The highest BCUT2D eigenvalue weighted by Crippen LogP contribution is 2.23. The Morgan fingerprint density at radius 3 is 2.27 bits per heavy atom. The molecule has 2 aromatic carbocycles. The average molecular weight is 551 g/mol. The van der Waals surface area contributed by atoms with Gasteiger partial charge in [0.1, 0.15) is 17.7 Å². The molecule has 0 atom stereocenters. The molecule has 1 aromatic heterocycles. The second-order valence-electron chi connectivity index (χ2n) is 10.6. The van der Waals surface area contributed by atoms with Crippen LogP contribution in [-0.4, -0.2) is 66.1 Å². The van der Waals surface area contributed by atoms with Gasteiger partial charge in [0.05, 0.1) is 18.4 Å². The molecule has 0 saturated carbocycles. The first-order chi connectivity index (χ1) is 19.4. The minimum atomic E-state index is -0.675. The Balaban J connectivity index is 1.02. The number of nitrogens with zero attached hydrogens (tertiary/aromatic N) is 3. The van der Waals surface area contributed by atoms with Crippen LogP contribution in [0.3, 0.4) is 0 Å². The molecule has 2 saturated heterocycles. The van der Waals surface area contributed by atoms with Crippen LogP contribution in [0.15, 0.2) is 60.8 Å². The number of methoxy groups -OCH3 is 1. The molecule has 1 amide bonds. The van der Waals surface area contributed by atoms with E-state index in [2.05, 4.69) is 32.2 Å². The molecule has 3 heterocycles. The number of aromatic nitrogens is 1. The Labute approximate surface area is 234 Å². The van der Waals surface area contributed by atoms with E-state index in [1.54, 1.807) is 13.3 Å². The molecule has 0 unspecified atom stereocenters. The normalized spacial score (nSPS) is 17.5. The van der Waals surface area contributed by atoms with Crippen molar-refractivity contribution in [1.82, 2.24) is 20.1 Å². The number of carbonyl (C=O) groups is 1. The summed E-state index contributed by atoms with van der Waals surface area (Å²) in [6.07, 6.45) is 4.87. The van der Waals surface area contributed by atoms with Gasteiger partial charge in [-0.15, -0.1) is 0 Å². The van der Waals surface area contributed by atoms with Gasteiger partial charge in [0, 0.05) is 57.6 Å². The maximum absolute atomic E-state index is 13.9. The fourth-order valence-corrected chi connectivity index (χ4v) is 5.31. The highest BCUT2D eigenvalue weighted by atomic mass is 19.1. The molecule has 0 bridgehead atoms. The molecule has 40 heavy (non-hydrogen) atoms. The molecule has 5 rings (SSSR count). The first kappa shape index (κ1) is 28.0. The van der Waals surface area contributed by atoms with Gasteiger partial charge in [0.25, 0.3) is 5.91 Å². The van der Waals surface area contributed by atoms with Crippen molar-refractivity contribution in [3.63, 3.8) is 0 Å². The van der Waals surface area contributed by atoms with Crippen LogP contribution in [0.1, 0.15) is 47.3 Å². The Hall–Kier alpha value is -3.56. The number of piperidine rings is 2. The van der Waals surface area contributed by atoms with Gasteiger partial charge in [-0.3, -0.25) is 19.6 Å². The van der Waals surface area contributed by atoms with E-state index in [0.717, 1.165) is 75.9 Å². The fraction of sp³-hybridized carbons (Fsp3) is 0.419. The third kappa shape index (κ3) is 7.55. The highest BCUT2D eigenvalue weighted by Gasteiger charge is 2.23. The summed E-state index contributed by atoms with van der Waals surface area (Å²) in [6, 6.07) is 15.4. The predicted molar refractivity (Wildman–Crippen MR) is 148 cm³/mol. The van der Waals surface area contributed by atoms with Crippen LogP contribution in [0.5, 0.6) is 11.5 Å². The molecule has 0 radical (unpaired) electrons. The predicted octanol–water partition coefficient (Wildman–Crippen LogP) is 4.81. The van der Waals surface area contributed by atoms with Gasteiger partial charge < -0.3 is 14.8 Å². The second-order valence-corrected chi connectivity index (χ2v) is 10.6. The standard InChI is InChI=1S/C31H36F2N4O3/c1-39-27-7-2-22(3-8-27)20-36-14-10-25(11-15-36)35-31(38)23-4-6-26(34-19-23)21-37-16-12-28(13-17-37)40-30-9-5-24(32)18-29(30)33/h2-9,18-19,25,28H,10-17,20-21H2,1H3,(H,35,38). The van der Waals surface area contributed by atoms with Crippen molar-refractivity contribution in [2.24, 2.45) is 0 Å². The molecular formula is C31H36F2N4O3. The number of amides is 1. The summed E-state index contributed by atoms with van der Waals surface area (Å²) in [7, 11) is 1.67. The summed E-state index contributed by atoms with van der Waals surface area (Å²) >= 11 is 0. The number of hydrogen-bond donors (Lipinski definition) is 1. The molecule has 9 heteroatoms. The minimum Gasteiger partial charge on any atom is -0.497 e. The summed E-state index contributed by atoms with van der Waals surface area (Å²) in [5.74, 6) is -0.419. The lowest BCUT2D eigenvalue weighted by molar-refractivity contribution is 0.0905. The SMILES string of the molecule is COc1ccc(CN2CCC(NC(=O)c3ccc(CN4CCC(Oc5ccc(F)cc5F)CC4)nc3)CC2)cc1. The third-order valence-electron chi connectivity index (χ3n) is 7.68. The summed E-state index contributed by atoms with van der Waals surface area (Å²) in [6.45, 7) is 5.02. The average Bonchev–Trinajstić information content (AvgIpc) is 2.97. The number of pyridine rings is 1. The van der Waals surface area contributed by atoms with Crippen molar-refractivity contribution in [1.29, 1.82) is 0 Å². The lowest BCUT2D eigenvalue weighted by Gasteiger charge is -2.32. The summed E-state index contributed by atoms with van der Waals surface area (Å²) in [5, 5.41) is 3.17. The molecule has 1 N–H and O–H groups in total. The molecule has 2 aliphatic rings. The van der Waals surface area contributed by atoms with Gasteiger partial charge in [-0.05, 0) is 67.6 Å². The van der Waals surface area contributed by atoms with Crippen molar-refractivity contribution >= 4 is 5.91 Å². The maximum Gasteiger partial charge on any atom is 0.253 e. The van der Waals surface area contributed by atoms with Crippen molar-refractivity contribution < 1.29 is 23.0 Å². The lowest BCUT2D eigenvalue weighted by atomic mass is 10.0. The van der Waals surface area contributed by atoms with Crippen molar-refractivity contribution in [3.05, 3.63) is 89.2 Å². The quantitative estimate of drug-likeness (QED) is 0.413. The zero-order valence-electron chi connectivity index (χ0n) is 22.8. The van der Waals surface area contributed by atoms with Gasteiger partial charge in [0.15, 0.2) is 11.6 Å². The number of ether oxygens (including phenoxy) is 2. The van der Waals surface area contributed by atoms with Crippen LogP contribution in [0, 0.1) is 11.6 Å². The number of hydrogen-bond acceptors (Lipinski definition) is 6. The zero-order valence-corrected chi connectivity index (χ0v) is 22.8. The van der Waals surface area contributed by atoms with E-state index in [4.69, 9.17) is 9.47 Å². The van der Waals surface area contributed by atoms with Crippen LogP contribution < -0.4 is 14.8 Å². The molecule has 2 aliphatic heterocycles. The molecule has 0 spiro atoms. The monoisotopic (exact) mass is 550 g/mol. The fourth-order valence-electron chi connectivity index (χ4n) is 5.31. The first-order valence-corrected chi connectivity index (χ1v) is 13.9. The van der Waals surface area contributed by atoms with E-state index >= 15 is 0 Å². The number of rotatable bonds is 9. The van der Waals surface area contributed by atoms with Gasteiger partial charge in [-0.1, -0.05) is 12.1 Å². The Kier molecular flexibility index (Phi) is 9.23.